The van der Waals surface area contributed by atoms with Crippen molar-refractivity contribution >= 4 is 17.5 Å². The van der Waals surface area contributed by atoms with Crippen molar-refractivity contribution in [2.45, 2.75) is 19.1 Å². The molecule has 5 nitrogen and oxygen atoms in total. The third kappa shape index (κ3) is 2.45. The van der Waals surface area contributed by atoms with Gasteiger partial charge in [-0.25, -0.2) is 0 Å². The number of halogens is 1. The van der Waals surface area contributed by atoms with Crippen LogP contribution in [0.3, 0.4) is 0 Å². The van der Waals surface area contributed by atoms with E-state index < -0.39 is 0 Å². The molecule has 2 heterocycles. The lowest BCUT2D eigenvalue weighted by atomic mass is 10.2. The molecule has 0 N–H and O–H groups in total. The zero-order chi connectivity index (χ0) is 12.4. The van der Waals surface area contributed by atoms with Gasteiger partial charge in [-0.1, -0.05) is 0 Å². The van der Waals surface area contributed by atoms with Gasteiger partial charge < -0.3 is 9.64 Å². The first-order valence-corrected chi connectivity index (χ1v) is 6.13. The molecule has 1 aromatic heterocycles. The second-order valence-corrected chi connectivity index (χ2v) is 4.56. The summed E-state index contributed by atoms with van der Waals surface area (Å²) < 4.78 is 7.10. The van der Waals surface area contributed by atoms with Crippen molar-refractivity contribution in [1.29, 1.82) is 0 Å². The van der Waals surface area contributed by atoms with Crippen LogP contribution in [-0.4, -0.2) is 51.8 Å². The summed E-state index contributed by atoms with van der Waals surface area (Å²) in [5.41, 5.74) is 0.590. The van der Waals surface area contributed by atoms with Crippen LogP contribution in [0.4, 0.5) is 0 Å². The molecule has 17 heavy (non-hydrogen) atoms. The van der Waals surface area contributed by atoms with Gasteiger partial charge in [0, 0.05) is 19.8 Å². The molecule has 1 aromatic rings. The molecular formula is C11H16ClN3O2. The van der Waals surface area contributed by atoms with Crippen molar-refractivity contribution in [2.75, 3.05) is 19.0 Å². The molecule has 0 spiro atoms. The summed E-state index contributed by atoms with van der Waals surface area (Å²) in [6.45, 7) is 3.04. The maximum atomic E-state index is 12.3. The summed E-state index contributed by atoms with van der Waals surface area (Å²) in [6, 6.07) is 1.79. The molecule has 6 heteroatoms. The lowest BCUT2D eigenvalue weighted by molar-refractivity contribution is -0.0375. The number of amides is 1. The highest BCUT2D eigenvalue weighted by Crippen LogP contribution is 2.16. The molecular weight excluding hydrogens is 242 g/mol. The van der Waals surface area contributed by atoms with Crippen LogP contribution in [0.1, 0.15) is 17.4 Å². The van der Waals surface area contributed by atoms with Crippen LogP contribution in [0.5, 0.6) is 0 Å². The Bertz CT molecular complexity index is 407. The second kappa shape index (κ2) is 5.06. The normalized spacial score (nSPS) is 25.0. The summed E-state index contributed by atoms with van der Waals surface area (Å²) in [6.07, 6.45) is 1.54. The van der Waals surface area contributed by atoms with E-state index in [1.54, 1.807) is 28.9 Å². The molecule has 94 valence electrons. The van der Waals surface area contributed by atoms with Crippen LogP contribution in [0.25, 0.3) is 0 Å². The maximum absolute atomic E-state index is 12.3. The number of rotatable bonds is 2. The van der Waals surface area contributed by atoms with Crippen LogP contribution < -0.4 is 0 Å². The fourth-order valence-electron chi connectivity index (χ4n) is 1.92. The number of aryl methyl sites for hydroxylation is 1. The van der Waals surface area contributed by atoms with E-state index in [-0.39, 0.29) is 18.1 Å². The van der Waals surface area contributed by atoms with E-state index in [0.29, 0.717) is 24.7 Å². The number of morpholine rings is 1. The van der Waals surface area contributed by atoms with E-state index in [1.165, 1.54) is 0 Å². The number of hydrogen-bond acceptors (Lipinski definition) is 3. The predicted octanol–water partition coefficient (Wildman–Crippen LogP) is 0.888. The van der Waals surface area contributed by atoms with Crippen molar-refractivity contribution in [3.63, 3.8) is 0 Å². The molecule has 0 aliphatic carbocycles. The van der Waals surface area contributed by atoms with Crippen molar-refractivity contribution in [3.05, 3.63) is 18.0 Å². The first kappa shape index (κ1) is 12.4. The molecule has 0 radical (unpaired) electrons. The number of hydrogen-bond donors (Lipinski definition) is 0. The Morgan fingerprint density at radius 3 is 3.06 bits per heavy atom. The lowest BCUT2D eigenvalue weighted by Crippen LogP contribution is -2.51. The Balaban J connectivity index is 2.15. The van der Waals surface area contributed by atoms with Gasteiger partial charge in [0.2, 0.25) is 0 Å². The van der Waals surface area contributed by atoms with E-state index in [2.05, 4.69) is 5.10 Å². The highest BCUT2D eigenvalue weighted by atomic mass is 35.5. The number of nitrogens with zero attached hydrogens (tertiary/aromatic N) is 3. The van der Waals surface area contributed by atoms with Gasteiger partial charge in [0.05, 0.1) is 24.6 Å². The summed E-state index contributed by atoms with van der Waals surface area (Å²) in [4.78, 5) is 14.1. The summed E-state index contributed by atoms with van der Waals surface area (Å²) >= 11 is 5.77. The average Bonchev–Trinajstić information content (AvgIpc) is 2.75. The van der Waals surface area contributed by atoms with Gasteiger partial charge in [-0.05, 0) is 13.0 Å². The Labute approximate surface area is 105 Å². The number of aromatic nitrogens is 2. The monoisotopic (exact) mass is 257 g/mol. The summed E-state index contributed by atoms with van der Waals surface area (Å²) in [5, 5.41) is 4.01. The number of carbonyl (C=O) groups excluding carboxylic acids is 1. The number of ether oxygens (including phenoxy) is 1. The number of alkyl halides is 1. The minimum Gasteiger partial charge on any atom is -0.373 e. The molecule has 1 fully saturated rings. The lowest BCUT2D eigenvalue weighted by Gasteiger charge is -2.37. The summed E-state index contributed by atoms with van der Waals surface area (Å²) in [7, 11) is 1.76. The predicted molar refractivity (Wildman–Crippen MR) is 64.2 cm³/mol. The van der Waals surface area contributed by atoms with Gasteiger partial charge >= 0.3 is 0 Å². The highest BCUT2D eigenvalue weighted by molar-refractivity contribution is 6.18. The quantitative estimate of drug-likeness (QED) is 0.740. The fraction of sp³-hybridized carbons (Fsp3) is 0.636. The van der Waals surface area contributed by atoms with E-state index in [0.717, 1.165) is 0 Å². The Morgan fingerprint density at radius 2 is 2.47 bits per heavy atom. The topological polar surface area (TPSA) is 47.4 Å². The third-order valence-electron chi connectivity index (χ3n) is 2.98. The Kier molecular flexibility index (Phi) is 3.69. The minimum absolute atomic E-state index is 0.0177. The van der Waals surface area contributed by atoms with Gasteiger partial charge in [-0.2, -0.15) is 5.10 Å². The molecule has 2 unspecified atom stereocenters. The molecule has 2 rings (SSSR count). The molecule has 1 amide bonds. The van der Waals surface area contributed by atoms with Crippen LogP contribution in [0.15, 0.2) is 12.3 Å². The van der Waals surface area contributed by atoms with Crippen molar-refractivity contribution in [1.82, 2.24) is 14.7 Å². The molecule has 1 aliphatic heterocycles. The van der Waals surface area contributed by atoms with Gasteiger partial charge in [-0.3, -0.25) is 9.48 Å². The van der Waals surface area contributed by atoms with E-state index in [9.17, 15) is 4.79 Å². The van der Waals surface area contributed by atoms with Crippen LogP contribution in [0.2, 0.25) is 0 Å². The van der Waals surface area contributed by atoms with Gasteiger partial charge in [0.1, 0.15) is 5.69 Å². The SMILES string of the molecule is CC1COC(CCl)CN1C(=O)c1ccnn1C. The first-order valence-electron chi connectivity index (χ1n) is 5.60. The maximum Gasteiger partial charge on any atom is 0.272 e. The Morgan fingerprint density at radius 1 is 1.71 bits per heavy atom. The van der Waals surface area contributed by atoms with Crippen LogP contribution >= 0.6 is 11.6 Å². The van der Waals surface area contributed by atoms with E-state index in [1.807, 2.05) is 6.92 Å². The zero-order valence-electron chi connectivity index (χ0n) is 9.97. The summed E-state index contributed by atoms with van der Waals surface area (Å²) in [5.74, 6) is 0.387. The van der Waals surface area contributed by atoms with Gasteiger partial charge in [0.25, 0.3) is 5.91 Å². The van der Waals surface area contributed by atoms with Crippen LogP contribution in [0, 0.1) is 0 Å². The third-order valence-corrected chi connectivity index (χ3v) is 3.32. The van der Waals surface area contributed by atoms with Crippen molar-refractivity contribution in [3.8, 4) is 0 Å². The largest absolute Gasteiger partial charge is 0.373 e. The Hall–Kier alpha value is -1.07. The smallest absolute Gasteiger partial charge is 0.272 e. The molecule has 0 bridgehead atoms. The molecule has 2 atom stereocenters. The van der Waals surface area contributed by atoms with Gasteiger partial charge in [0.15, 0.2) is 0 Å². The second-order valence-electron chi connectivity index (χ2n) is 4.26. The molecule has 1 aliphatic rings. The highest BCUT2D eigenvalue weighted by Gasteiger charge is 2.30. The average molecular weight is 258 g/mol. The number of carbonyl (C=O) groups is 1. The van der Waals surface area contributed by atoms with E-state index >= 15 is 0 Å². The van der Waals surface area contributed by atoms with Gasteiger partial charge in [-0.15, -0.1) is 11.6 Å². The zero-order valence-corrected chi connectivity index (χ0v) is 10.7. The molecule has 1 saturated heterocycles. The molecule has 0 saturated carbocycles. The van der Waals surface area contributed by atoms with Crippen LogP contribution in [-0.2, 0) is 11.8 Å². The van der Waals surface area contributed by atoms with Crippen molar-refractivity contribution in [2.24, 2.45) is 7.05 Å². The first-order chi connectivity index (χ1) is 8.13. The van der Waals surface area contributed by atoms with Crippen molar-refractivity contribution < 1.29 is 9.53 Å². The molecule has 0 aromatic carbocycles. The fourth-order valence-corrected chi connectivity index (χ4v) is 2.11. The van der Waals surface area contributed by atoms with E-state index in [4.69, 9.17) is 16.3 Å². The standard InChI is InChI=1S/C11H16ClN3O2/c1-8-7-17-9(5-12)6-15(8)11(16)10-3-4-13-14(10)2/h3-4,8-9H,5-7H2,1-2H3. The minimum atomic E-state index is -0.0787.